The van der Waals surface area contributed by atoms with Crippen LogP contribution < -0.4 is 5.32 Å². The van der Waals surface area contributed by atoms with Gasteiger partial charge in [0.1, 0.15) is 0 Å². The molecule has 2 rings (SSSR count). The van der Waals surface area contributed by atoms with E-state index in [-0.39, 0.29) is 18.3 Å². The molecule has 1 N–H and O–H groups in total. The molecule has 1 aromatic rings. The van der Waals surface area contributed by atoms with Gasteiger partial charge in [0.15, 0.2) is 0 Å². The highest BCUT2D eigenvalue weighted by Crippen LogP contribution is 2.15. The quantitative estimate of drug-likeness (QED) is 0.926. The van der Waals surface area contributed by atoms with Crippen LogP contribution in [0.3, 0.4) is 0 Å². The SMILES string of the molecule is Cc1cccc(CSCC(=O)N2CCNC[C@@H]2C)c1.Cl. The van der Waals surface area contributed by atoms with Crippen molar-refractivity contribution in [1.82, 2.24) is 10.2 Å². The number of hydrogen-bond donors (Lipinski definition) is 1. The van der Waals surface area contributed by atoms with Crippen molar-refractivity contribution in [1.29, 1.82) is 0 Å². The van der Waals surface area contributed by atoms with Gasteiger partial charge in [-0.05, 0) is 19.4 Å². The summed E-state index contributed by atoms with van der Waals surface area (Å²) in [7, 11) is 0. The van der Waals surface area contributed by atoms with Crippen LogP contribution >= 0.6 is 24.2 Å². The molecule has 112 valence electrons. The molecule has 1 amide bonds. The van der Waals surface area contributed by atoms with E-state index in [2.05, 4.69) is 43.4 Å². The lowest BCUT2D eigenvalue weighted by atomic mass is 10.2. The molecule has 0 aromatic heterocycles. The van der Waals surface area contributed by atoms with Gasteiger partial charge in [-0.3, -0.25) is 4.79 Å². The maximum absolute atomic E-state index is 12.1. The summed E-state index contributed by atoms with van der Waals surface area (Å²) in [4.78, 5) is 14.1. The Morgan fingerprint density at radius 2 is 2.30 bits per heavy atom. The Hall–Kier alpha value is -0.710. The van der Waals surface area contributed by atoms with Gasteiger partial charge < -0.3 is 10.2 Å². The van der Waals surface area contributed by atoms with Gasteiger partial charge in [0.25, 0.3) is 0 Å². The van der Waals surface area contributed by atoms with Crippen LogP contribution in [0.1, 0.15) is 18.1 Å². The maximum Gasteiger partial charge on any atom is 0.232 e. The molecule has 0 radical (unpaired) electrons. The van der Waals surface area contributed by atoms with E-state index in [0.29, 0.717) is 11.8 Å². The van der Waals surface area contributed by atoms with Gasteiger partial charge in [0.05, 0.1) is 5.75 Å². The van der Waals surface area contributed by atoms with E-state index in [9.17, 15) is 4.79 Å². The number of amides is 1. The zero-order chi connectivity index (χ0) is 13.7. The van der Waals surface area contributed by atoms with Crippen molar-refractivity contribution in [3.63, 3.8) is 0 Å². The predicted molar refractivity (Wildman–Crippen MR) is 88.6 cm³/mol. The smallest absolute Gasteiger partial charge is 0.232 e. The van der Waals surface area contributed by atoms with Crippen molar-refractivity contribution in [2.75, 3.05) is 25.4 Å². The lowest BCUT2D eigenvalue weighted by molar-refractivity contribution is -0.131. The Morgan fingerprint density at radius 1 is 1.50 bits per heavy atom. The van der Waals surface area contributed by atoms with Crippen molar-refractivity contribution >= 4 is 30.1 Å². The number of rotatable bonds is 4. The van der Waals surface area contributed by atoms with E-state index in [1.807, 2.05) is 4.90 Å². The van der Waals surface area contributed by atoms with Crippen LogP contribution in [0, 0.1) is 6.92 Å². The number of nitrogens with one attached hydrogen (secondary N) is 1. The first-order valence-corrected chi connectivity index (χ1v) is 7.96. The van der Waals surface area contributed by atoms with E-state index >= 15 is 0 Å². The number of thioether (sulfide) groups is 1. The Balaban J connectivity index is 0.00000200. The Morgan fingerprint density at radius 3 is 3.00 bits per heavy atom. The minimum atomic E-state index is 0. The number of carbonyl (C=O) groups excluding carboxylic acids is 1. The van der Waals surface area contributed by atoms with Gasteiger partial charge in [-0.1, -0.05) is 29.8 Å². The standard InChI is InChI=1S/C15H22N2OS.ClH/c1-12-4-3-5-14(8-12)10-19-11-15(18)17-7-6-16-9-13(17)2;/h3-5,8,13,16H,6-7,9-11H2,1-2H3;1H/t13-;/m0./s1. The minimum absolute atomic E-state index is 0. The lowest BCUT2D eigenvalue weighted by Gasteiger charge is -2.34. The molecule has 1 saturated heterocycles. The van der Waals surface area contributed by atoms with Gasteiger partial charge >= 0.3 is 0 Å². The summed E-state index contributed by atoms with van der Waals surface area (Å²) in [5.41, 5.74) is 2.58. The highest BCUT2D eigenvalue weighted by molar-refractivity contribution is 7.99. The molecule has 0 spiro atoms. The molecule has 5 heteroatoms. The predicted octanol–water partition coefficient (Wildman–Crippen LogP) is 2.47. The first-order valence-electron chi connectivity index (χ1n) is 6.80. The van der Waals surface area contributed by atoms with E-state index in [1.165, 1.54) is 11.1 Å². The largest absolute Gasteiger partial charge is 0.337 e. The third kappa shape index (κ3) is 5.00. The summed E-state index contributed by atoms with van der Waals surface area (Å²) in [5, 5.41) is 3.31. The van der Waals surface area contributed by atoms with Crippen LogP contribution in [0.5, 0.6) is 0 Å². The maximum atomic E-state index is 12.1. The van der Waals surface area contributed by atoms with Crippen LogP contribution in [-0.2, 0) is 10.5 Å². The van der Waals surface area contributed by atoms with Crippen molar-refractivity contribution in [3.05, 3.63) is 35.4 Å². The molecule has 1 aromatic carbocycles. The van der Waals surface area contributed by atoms with Gasteiger partial charge in [-0.25, -0.2) is 0 Å². The summed E-state index contributed by atoms with van der Waals surface area (Å²) in [6.45, 7) is 6.87. The van der Waals surface area contributed by atoms with Crippen molar-refractivity contribution in [2.24, 2.45) is 0 Å². The van der Waals surface area contributed by atoms with Crippen LogP contribution in [0.4, 0.5) is 0 Å². The average Bonchev–Trinajstić information content (AvgIpc) is 2.39. The lowest BCUT2D eigenvalue weighted by Crippen LogP contribution is -2.52. The Kier molecular flexibility index (Phi) is 7.41. The molecule has 20 heavy (non-hydrogen) atoms. The minimum Gasteiger partial charge on any atom is -0.337 e. The average molecular weight is 315 g/mol. The summed E-state index contributed by atoms with van der Waals surface area (Å²) in [5.74, 6) is 1.76. The molecule has 0 unspecified atom stereocenters. The number of halogens is 1. The normalized spacial score (nSPS) is 18.5. The van der Waals surface area contributed by atoms with Gasteiger partial charge in [0, 0.05) is 31.4 Å². The molecule has 0 aliphatic carbocycles. The van der Waals surface area contributed by atoms with Crippen molar-refractivity contribution in [3.8, 4) is 0 Å². The zero-order valence-electron chi connectivity index (χ0n) is 12.1. The number of aryl methyl sites for hydroxylation is 1. The second kappa shape index (κ2) is 8.55. The first kappa shape index (κ1) is 17.3. The molecule has 0 bridgehead atoms. The zero-order valence-corrected chi connectivity index (χ0v) is 13.7. The van der Waals surface area contributed by atoms with E-state index in [0.717, 1.165) is 25.4 Å². The third-order valence-electron chi connectivity index (χ3n) is 3.40. The Bertz CT molecular complexity index is 442. The van der Waals surface area contributed by atoms with Crippen LogP contribution in [0.2, 0.25) is 0 Å². The van der Waals surface area contributed by atoms with Crippen LogP contribution in [-0.4, -0.2) is 42.2 Å². The topological polar surface area (TPSA) is 32.3 Å². The summed E-state index contributed by atoms with van der Waals surface area (Å²) in [6, 6.07) is 8.80. The number of piperazine rings is 1. The fourth-order valence-corrected chi connectivity index (χ4v) is 3.21. The van der Waals surface area contributed by atoms with Gasteiger partial charge in [-0.2, -0.15) is 0 Å². The summed E-state index contributed by atoms with van der Waals surface area (Å²) < 4.78 is 0. The van der Waals surface area contributed by atoms with E-state index in [4.69, 9.17) is 0 Å². The van der Waals surface area contributed by atoms with E-state index in [1.54, 1.807) is 11.8 Å². The molecule has 1 atom stereocenters. The second-order valence-corrected chi connectivity index (χ2v) is 6.11. The van der Waals surface area contributed by atoms with Crippen LogP contribution in [0.25, 0.3) is 0 Å². The molecule has 0 saturated carbocycles. The fourth-order valence-electron chi connectivity index (χ4n) is 2.35. The molecule has 3 nitrogen and oxygen atoms in total. The molecule has 1 aliphatic heterocycles. The number of hydrogen-bond acceptors (Lipinski definition) is 3. The number of nitrogens with zero attached hydrogens (tertiary/aromatic N) is 1. The van der Waals surface area contributed by atoms with Gasteiger partial charge in [-0.15, -0.1) is 24.2 Å². The Labute approximate surface area is 131 Å². The van der Waals surface area contributed by atoms with Crippen LogP contribution in [0.15, 0.2) is 24.3 Å². The molecule has 1 fully saturated rings. The highest BCUT2D eigenvalue weighted by Gasteiger charge is 2.22. The summed E-state index contributed by atoms with van der Waals surface area (Å²) >= 11 is 1.71. The molecule has 1 aliphatic rings. The number of carbonyl (C=O) groups is 1. The third-order valence-corrected chi connectivity index (χ3v) is 4.39. The molecular weight excluding hydrogens is 292 g/mol. The monoisotopic (exact) mass is 314 g/mol. The summed E-state index contributed by atoms with van der Waals surface area (Å²) in [6.07, 6.45) is 0. The van der Waals surface area contributed by atoms with Gasteiger partial charge in [0.2, 0.25) is 5.91 Å². The highest BCUT2D eigenvalue weighted by atomic mass is 35.5. The molecular formula is C15H23ClN2OS. The molecule has 1 heterocycles. The first-order chi connectivity index (χ1) is 9.16. The second-order valence-electron chi connectivity index (χ2n) is 5.12. The number of benzene rings is 1. The van der Waals surface area contributed by atoms with Crippen molar-refractivity contribution < 1.29 is 4.79 Å². The van der Waals surface area contributed by atoms with Crippen molar-refractivity contribution in [2.45, 2.75) is 25.6 Å². The van der Waals surface area contributed by atoms with E-state index < -0.39 is 0 Å². The fraction of sp³-hybridized carbons (Fsp3) is 0.533.